The summed E-state index contributed by atoms with van der Waals surface area (Å²) in [6.45, 7) is 4.77. The molecule has 0 aromatic carbocycles. The molecule has 0 heterocycles. The largest absolute Gasteiger partial charge is 0.756 e. The first-order valence-corrected chi connectivity index (χ1v) is 31.0. The van der Waals surface area contributed by atoms with Gasteiger partial charge in [-0.1, -0.05) is 270 Å². The van der Waals surface area contributed by atoms with Crippen molar-refractivity contribution in [2.45, 2.75) is 315 Å². The molecule has 0 bridgehead atoms. The number of quaternary nitrogens is 1. The number of hydrogen-bond acceptors (Lipinski definition) is 6. The number of carbonyl (C=O) groups is 1. The molecule has 3 atom stereocenters. The van der Waals surface area contributed by atoms with Crippen LogP contribution < -0.4 is 10.2 Å². The van der Waals surface area contributed by atoms with Gasteiger partial charge in [0, 0.05) is 6.42 Å². The average Bonchev–Trinajstić information content (AvgIpc) is 3.29. The van der Waals surface area contributed by atoms with Crippen molar-refractivity contribution in [3.63, 3.8) is 0 Å². The van der Waals surface area contributed by atoms with Gasteiger partial charge in [-0.25, -0.2) is 0 Å². The molecule has 0 rings (SSSR count). The second kappa shape index (κ2) is 50.2. The topological polar surface area (TPSA) is 108 Å². The highest BCUT2D eigenvalue weighted by molar-refractivity contribution is 7.45. The monoisotopic (exact) mass is 969 g/mol. The Labute approximate surface area is 418 Å². The number of carbonyl (C=O) groups excluding carboxylic acids is 1. The summed E-state index contributed by atoms with van der Waals surface area (Å²) in [5, 5.41) is 14.0. The van der Waals surface area contributed by atoms with Crippen LogP contribution in [0.3, 0.4) is 0 Å². The number of hydrogen-bond donors (Lipinski definition) is 2. The highest BCUT2D eigenvalue weighted by Gasteiger charge is 2.24. The van der Waals surface area contributed by atoms with Gasteiger partial charge in [0.2, 0.25) is 5.91 Å². The van der Waals surface area contributed by atoms with Crippen LogP contribution in [-0.2, 0) is 18.4 Å². The average molecular weight is 970 g/mol. The zero-order chi connectivity index (χ0) is 49.2. The summed E-state index contributed by atoms with van der Waals surface area (Å²) in [5.41, 5.74) is 0. The lowest BCUT2D eigenvalue weighted by molar-refractivity contribution is -0.870. The van der Waals surface area contributed by atoms with Crippen LogP contribution in [0.15, 0.2) is 12.2 Å². The van der Waals surface area contributed by atoms with Gasteiger partial charge in [0.1, 0.15) is 13.2 Å². The minimum Gasteiger partial charge on any atom is -0.756 e. The van der Waals surface area contributed by atoms with Gasteiger partial charge >= 0.3 is 0 Å². The summed E-state index contributed by atoms with van der Waals surface area (Å²) in [6.07, 6.45) is 61.0. The molecule has 9 heteroatoms. The number of phosphoric acid groups is 1. The SMILES string of the molecule is CCCCCCCCCCCCCC/C=C\CCCCCCCCCCCCC(=O)NC(COP(=O)([O-])OCC[N+](C)(C)C)C(O)CCCCCCCCCCCCCCCCCCCCC. The Hall–Kier alpha value is -0.760. The molecule has 0 fully saturated rings. The van der Waals surface area contributed by atoms with E-state index in [-0.39, 0.29) is 19.1 Å². The van der Waals surface area contributed by atoms with Crippen molar-refractivity contribution in [1.82, 2.24) is 5.32 Å². The van der Waals surface area contributed by atoms with E-state index >= 15 is 0 Å². The van der Waals surface area contributed by atoms with Gasteiger partial charge in [0.05, 0.1) is 39.9 Å². The van der Waals surface area contributed by atoms with Crippen LogP contribution in [0.25, 0.3) is 0 Å². The van der Waals surface area contributed by atoms with Gasteiger partial charge in [0.15, 0.2) is 0 Å². The number of aliphatic hydroxyl groups excluding tert-OH is 1. The molecule has 400 valence electrons. The standard InChI is InChI=1S/C58H117N2O6P/c1-6-8-10-12-14-16-18-20-22-24-26-27-28-29-30-31-32-34-36-38-40-42-44-46-48-50-52-58(62)59-56(55-66-67(63,64)65-54-53-60(3,4)5)57(61)51-49-47-45-43-41-39-37-35-33-25-23-21-19-17-15-13-11-9-7-2/h29-30,56-57,61H,6-28,31-55H2,1-5H3,(H-,59,62,63,64)/b30-29-. The van der Waals surface area contributed by atoms with E-state index in [0.29, 0.717) is 23.9 Å². The molecule has 67 heavy (non-hydrogen) atoms. The summed E-state index contributed by atoms with van der Waals surface area (Å²) in [5.74, 6) is -0.160. The highest BCUT2D eigenvalue weighted by Crippen LogP contribution is 2.38. The van der Waals surface area contributed by atoms with Crippen molar-refractivity contribution in [1.29, 1.82) is 0 Å². The highest BCUT2D eigenvalue weighted by atomic mass is 31.2. The first kappa shape index (κ1) is 66.2. The normalized spacial score (nSPS) is 14.0. The van der Waals surface area contributed by atoms with Gasteiger partial charge in [-0.2, -0.15) is 0 Å². The van der Waals surface area contributed by atoms with Crippen LogP contribution in [0, 0.1) is 0 Å². The fourth-order valence-electron chi connectivity index (χ4n) is 9.10. The third-order valence-corrected chi connectivity index (χ3v) is 14.7. The molecule has 0 aliphatic carbocycles. The number of nitrogens with zero attached hydrogens (tertiary/aromatic N) is 1. The van der Waals surface area contributed by atoms with Crippen molar-refractivity contribution in [3.8, 4) is 0 Å². The molecule has 0 saturated carbocycles. The lowest BCUT2D eigenvalue weighted by atomic mass is 10.0. The first-order chi connectivity index (χ1) is 32.5. The van der Waals surface area contributed by atoms with Crippen LogP contribution in [0.2, 0.25) is 0 Å². The Morgan fingerprint density at radius 1 is 0.507 bits per heavy atom. The minimum absolute atomic E-state index is 0.0145. The molecule has 0 aliphatic heterocycles. The zero-order valence-electron chi connectivity index (χ0n) is 45.6. The van der Waals surface area contributed by atoms with Crippen molar-refractivity contribution in [2.75, 3.05) is 40.9 Å². The van der Waals surface area contributed by atoms with Gasteiger partial charge in [0.25, 0.3) is 7.82 Å². The number of aliphatic hydroxyl groups is 1. The van der Waals surface area contributed by atoms with Crippen LogP contribution in [0.5, 0.6) is 0 Å². The summed E-state index contributed by atoms with van der Waals surface area (Å²) in [6, 6.07) is -0.799. The van der Waals surface area contributed by atoms with Crippen molar-refractivity contribution in [2.24, 2.45) is 0 Å². The molecular formula is C58H117N2O6P. The fourth-order valence-corrected chi connectivity index (χ4v) is 9.82. The van der Waals surface area contributed by atoms with E-state index in [0.717, 1.165) is 38.5 Å². The Balaban J connectivity index is 4.12. The summed E-state index contributed by atoms with van der Waals surface area (Å²) in [7, 11) is 1.32. The molecular weight excluding hydrogens is 852 g/mol. The molecule has 0 aromatic rings. The van der Waals surface area contributed by atoms with E-state index in [9.17, 15) is 19.4 Å². The Bertz CT molecular complexity index is 1100. The van der Waals surface area contributed by atoms with E-state index in [1.54, 1.807) is 0 Å². The van der Waals surface area contributed by atoms with Crippen LogP contribution >= 0.6 is 7.82 Å². The predicted octanol–water partition coefficient (Wildman–Crippen LogP) is 17.2. The second-order valence-corrected chi connectivity index (χ2v) is 23.1. The van der Waals surface area contributed by atoms with Crippen LogP contribution in [-0.4, -0.2) is 68.5 Å². The maximum absolute atomic E-state index is 13.0. The Morgan fingerprint density at radius 3 is 1.16 bits per heavy atom. The van der Waals surface area contributed by atoms with Crippen LogP contribution in [0.4, 0.5) is 0 Å². The first-order valence-electron chi connectivity index (χ1n) is 29.5. The van der Waals surface area contributed by atoms with E-state index in [4.69, 9.17) is 9.05 Å². The second-order valence-electron chi connectivity index (χ2n) is 21.7. The minimum atomic E-state index is -4.57. The third kappa shape index (κ3) is 52.9. The van der Waals surface area contributed by atoms with Gasteiger partial charge in [-0.05, 0) is 38.5 Å². The quantitative estimate of drug-likeness (QED) is 0.0272. The molecule has 3 unspecified atom stereocenters. The van der Waals surface area contributed by atoms with E-state index < -0.39 is 20.0 Å². The number of phosphoric ester groups is 1. The summed E-state index contributed by atoms with van der Waals surface area (Å²) >= 11 is 0. The smallest absolute Gasteiger partial charge is 0.268 e. The number of allylic oxidation sites excluding steroid dienone is 2. The molecule has 0 spiro atoms. The molecule has 8 nitrogen and oxygen atoms in total. The lowest BCUT2D eigenvalue weighted by Gasteiger charge is -2.30. The lowest BCUT2D eigenvalue weighted by Crippen LogP contribution is -2.46. The molecule has 2 N–H and O–H groups in total. The van der Waals surface area contributed by atoms with Crippen molar-refractivity contribution >= 4 is 13.7 Å². The fraction of sp³-hybridized carbons (Fsp3) is 0.948. The van der Waals surface area contributed by atoms with Crippen LogP contribution in [0.1, 0.15) is 303 Å². The van der Waals surface area contributed by atoms with Gasteiger partial charge in [-0.3, -0.25) is 9.36 Å². The number of nitrogens with one attached hydrogen (secondary N) is 1. The van der Waals surface area contributed by atoms with E-state index in [1.807, 2.05) is 21.1 Å². The molecule has 0 aliphatic rings. The Morgan fingerprint density at radius 2 is 0.821 bits per heavy atom. The van der Waals surface area contributed by atoms with Crippen molar-refractivity contribution < 1.29 is 32.9 Å². The molecule has 0 saturated heterocycles. The molecule has 0 aromatic heterocycles. The number of unbranched alkanes of at least 4 members (excludes halogenated alkanes) is 40. The van der Waals surface area contributed by atoms with Gasteiger partial charge in [-0.15, -0.1) is 0 Å². The molecule has 1 amide bonds. The van der Waals surface area contributed by atoms with E-state index in [1.165, 1.54) is 238 Å². The maximum Gasteiger partial charge on any atom is 0.268 e. The van der Waals surface area contributed by atoms with Gasteiger partial charge < -0.3 is 28.8 Å². The third-order valence-electron chi connectivity index (χ3n) is 13.8. The summed E-state index contributed by atoms with van der Waals surface area (Å²) < 4.78 is 23.4. The zero-order valence-corrected chi connectivity index (χ0v) is 46.5. The van der Waals surface area contributed by atoms with E-state index in [2.05, 4.69) is 31.3 Å². The molecule has 0 radical (unpaired) electrons. The summed E-state index contributed by atoms with van der Waals surface area (Å²) in [4.78, 5) is 25.5. The Kier molecular flexibility index (Phi) is 49.6. The maximum atomic E-state index is 13.0. The number of likely N-dealkylation sites (N-methyl/N-ethyl adjacent to an activating group) is 1. The van der Waals surface area contributed by atoms with Crippen molar-refractivity contribution in [3.05, 3.63) is 12.2 Å². The number of rotatable bonds is 55. The number of amides is 1. The predicted molar refractivity (Wildman–Crippen MR) is 289 cm³/mol.